The van der Waals surface area contributed by atoms with Crippen molar-refractivity contribution >= 4 is 22.9 Å². The summed E-state index contributed by atoms with van der Waals surface area (Å²) in [6.07, 6.45) is 5.71. The Balaban J connectivity index is 1.77. The van der Waals surface area contributed by atoms with E-state index in [0.717, 1.165) is 41.4 Å². The summed E-state index contributed by atoms with van der Waals surface area (Å²) in [5.41, 5.74) is 4.66. The topological polar surface area (TPSA) is 60.8 Å². The number of nitrogens with zero attached hydrogens (tertiary/aromatic N) is 1. The highest BCUT2D eigenvalue weighted by Crippen LogP contribution is 2.43. The van der Waals surface area contributed by atoms with Crippen LogP contribution in [0.2, 0.25) is 0 Å². The highest BCUT2D eigenvalue weighted by Gasteiger charge is 2.31. The third-order valence-corrected chi connectivity index (χ3v) is 7.87. The second-order valence-corrected chi connectivity index (χ2v) is 9.79. The van der Waals surface area contributed by atoms with Gasteiger partial charge in [-0.2, -0.15) is 0 Å². The summed E-state index contributed by atoms with van der Waals surface area (Å²) in [7, 11) is 0. The Morgan fingerprint density at radius 2 is 1.90 bits per heavy atom. The predicted octanol–water partition coefficient (Wildman–Crippen LogP) is 5.39. The fourth-order valence-electron chi connectivity index (χ4n) is 4.99. The number of aliphatic hydroxyl groups excluding tert-OH is 1. The minimum Gasteiger partial charge on any atom is -0.477 e. The average Bonchev–Trinajstić information content (AvgIpc) is 3.21. The maximum Gasteiger partial charge on any atom is 0.346 e. The second kappa shape index (κ2) is 9.46. The molecule has 0 atom stereocenters. The van der Waals surface area contributed by atoms with Crippen molar-refractivity contribution in [2.24, 2.45) is 11.8 Å². The van der Waals surface area contributed by atoms with Gasteiger partial charge in [-0.15, -0.1) is 11.3 Å². The molecule has 0 radical (unpaired) electrons. The number of carboxylic acids is 1. The van der Waals surface area contributed by atoms with E-state index >= 15 is 0 Å². The first-order valence-corrected chi connectivity index (χ1v) is 11.9. The average molecular weight is 426 g/mol. The fraction of sp³-hybridized carbons (Fsp3) is 0.480. The molecule has 5 heteroatoms. The summed E-state index contributed by atoms with van der Waals surface area (Å²) >= 11 is 1.39. The van der Waals surface area contributed by atoms with Crippen molar-refractivity contribution in [3.05, 3.63) is 52.4 Å². The lowest BCUT2D eigenvalue weighted by Crippen LogP contribution is -2.36. The monoisotopic (exact) mass is 425 g/mol. The lowest BCUT2D eigenvalue weighted by Gasteiger charge is -2.37. The Morgan fingerprint density at radius 3 is 2.57 bits per heavy atom. The minimum atomic E-state index is -0.834. The number of aromatic carboxylic acids is 1. The number of β-amino-alcohol motifs (C(OH)–C–C–N with tert-alkyl or cyclic N) is 1. The van der Waals surface area contributed by atoms with Crippen LogP contribution in [0.4, 0.5) is 0 Å². The van der Waals surface area contributed by atoms with E-state index in [1.807, 2.05) is 30.3 Å². The molecule has 0 amide bonds. The molecule has 0 saturated heterocycles. The normalized spacial score (nSPS) is 23.0. The molecule has 2 aromatic rings. The van der Waals surface area contributed by atoms with Gasteiger partial charge >= 0.3 is 5.97 Å². The number of rotatable bonds is 6. The molecule has 4 rings (SSSR count). The Morgan fingerprint density at radius 1 is 1.17 bits per heavy atom. The Hall–Kier alpha value is -1.95. The van der Waals surface area contributed by atoms with Gasteiger partial charge in [0.25, 0.3) is 0 Å². The van der Waals surface area contributed by atoms with Crippen molar-refractivity contribution in [3.63, 3.8) is 0 Å². The van der Waals surface area contributed by atoms with E-state index in [0.29, 0.717) is 17.3 Å². The summed E-state index contributed by atoms with van der Waals surface area (Å²) in [5, 5.41) is 19.4. The first kappa shape index (κ1) is 21.3. The van der Waals surface area contributed by atoms with Gasteiger partial charge in [-0.05, 0) is 53.9 Å². The molecule has 0 unspecified atom stereocenters. The SMILES string of the molecule is CC1CCC(C2=C(c3cc(-c4ccccc4)sc3C(=O)O)CCN(CCO)C2)CC1. The molecule has 1 aromatic carbocycles. The zero-order valence-electron chi connectivity index (χ0n) is 17.6. The number of benzene rings is 1. The Labute approximate surface area is 182 Å². The van der Waals surface area contributed by atoms with Crippen LogP contribution in [0.1, 0.15) is 54.3 Å². The Bertz CT molecular complexity index is 910. The summed E-state index contributed by atoms with van der Waals surface area (Å²) in [4.78, 5) is 15.9. The molecule has 2 heterocycles. The molecule has 0 bridgehead atoms. The van der Waals surface area contributed by atoms with Crippen molar-refractivity contribution in [3.8, 4) is 10.4 Å². The zero-order valence-corrected chi connectivity index (χ0v) is 18.5. The molecule has 2 aliphatic rings. The summed E-state index contributed by atoms with van der Waals surface area (Å²) in [6.45, 7) is 4.91. The van der Waals surface area contributed by atoms with Crippen molar-refractivity contribution in [2.45, 2.75) is 39.0 Å². The second-order valence-electron chi connectivity index (χ2n) is 8.73. The standard InChI is InChI=1S/C25H31NO3S/c1-17-7-9-18(10-8-17)22-16-26(13-14-27)12-11-20(22)21-15-23(30-24(21)25(28)29)19-5-3-2-4-6-19/h2-6,15,17-18,27H,7-14,16H2,1H3,(H,28,29). The van der Waals surface area contributed by atoms with Crippen molar-refractivity contribution in [1.82, 2.24) is 4.90 Å². The number of carboxylic acid groups (broad SMARTS) is 1. The van der Waals surface area contributed by atoms with Gasteiger partial charge in [-0.1, -0.05) is 50.1 Å². The van der Waals surface area contributed by atoms with Gasteiger partial charge in [-0.3, -0.25) is 4.90 Å². The molecule has 160 valence electrons. The maximum atomic E-state index is 12.1. The van der Waals surface area contributed by atoms with E-state index in [2.05, 4.69) is 17.9 Å². The molecule has 30 heavy (non-hydrogen) atoms. The van der Waals surface area contributed by atoms with Gasteiger partial charge in [0.1, 0.15) is 4.88 Å². The quantitative estimate of drug-likeness (QED) is 0.651. The van der Waals surface area contributed by atoms with Crippen molar-refractivity contribution in [2.75, 3.05) is 26.2 Å². The van der Waals surface area contributed by atoms with E-state index in [9.17, 15) is 15.0 Å². The van der Waals surface area contributed by atoms with Crippen LogP contribution < -0.4 is 0 Å². The van der Waals surface area contributed by atoms with Gasteiger partial charge < -0.3 is 10.2 Å². The van der Waals surface area contributed by atoms with Crippen LogP contribution in [0.25, 0.3) is 16.0 Å². The van der Waals surface area contributed by atoms with Crippen LogP contribution in [0, 0.1) is 11.8 Å². The van der Waals surface area contributed by atoms with Crippen molar-refractivity contribution in [1.29, 1.82) is 0 Å². The third-order valence-electron chi connectivity index (χ3n) is 6.69. The zero-order chi connectivity index (χ0) is 21.1. The van der Waals surface area contributed by atoms with Crippen LogP contribution >= 0.6 is 11.3 Å². The largest absolute Gasteiger partial charge is 0.477 e. The smallest absolute Gasteiger partial charge is 0.346 e. The third kappa shape index (κ3) is 4.53. The molecule has 1 aliphatic carbocycles. The number of hydrogen-bond acceptors (Lipinski definition) is 4. The van der Waals surface area contributed by atoms with Crippen LogP contribution in [0.5, 0.6) is 0 Å². The van der Waals surface area contributed by atoms with E-state index < -0.39 is 5.97 Å². The molecule has 2 N–H and O–H groups in total. The molecule has 1 aromatic heterocycles. The van der Waals surface area contributed by atoms with Gasteiger partial charge in [-0.25, -0.2) is 4.79 Å². The summed E-state index contributed by atoms with van der Waals surface area (Å²) in [6, 6.07) is 12.2. The molecular weight excluding hydrogens is 394 g/mol. The van der Waals surface area contributed by atoms with Crippen LogP contribution in [0.3, 0.4) is 0 Å². The van der Waals surface area contributed by atoms with Gasteiger partial charge in [0.15, 0.2) is 0 Å². The molecule has 1 saturated carbocycles. The number of hydrogen-bond donors (Lipinski definition) is 2. The van der Waals surface area contributed by atoms with E-state index in [-0.39, 0.29) is 6.61 Å². The van der Waals surface area contributed by atoms with Gasteiger partial charge in [0.2, 0.25) is 0 Å². The van der Waals surface area contributed by atoms with E-state index in [1.165, 1.54) is 48.2 Å². The summed E-state index contributed by atoms with van der Waals surface area (Å²) < 4.78 is 0. The number of carbonyl (C=O) groups is 1. The fourth-order valence-corrected chi connectivity index (χ4v) is 6.02. The molecular formula is C25H31NO3S. The lowest BCUT2D eigenvalue weighted by molar-refractivity contribution is 0.0702. The first-order valence-electron chi connectivity index (χ1n) is 11.0. The van der Waals surface area contributed by atoms with Gasteiger partial charge in [0.05, 0.1) is 6.61 Å². The maximum absolute atomic E-state index is 12.1. The predicted molar refractivity (Wildman–Crippen MR) is 123 cm³/mol. The van der Waals surface area contributed by atoms with Crippen LogP contribution in [-0.4, -0.2) is 47.3 Å². The van der Waals surface area contributed by atoms with E-state index in [4.69, 9.17) is 0 Å². The highest BCUT2D eigenvalue weighted by molar-refractivity contribution is 7.17. The molecule has 1 fully saturated rings. The van der Waals surface area contributed by atoms with Crippen LogP contribution in [-0.2, 0) is 0 Å². The molecule has 0 spiro atoms. The minimum absolute atomic E-state index is 0.168. The Kier molecular flexibility index (Phi) is 6.71. The van der Waals surface area contributed by atoms with E-state index in [1.54, 1.807) is 0 Å². The first-order chi connectivity index (χ1) is 14.6. The lowest BCUT2D eigenvalue weighted by atomic mass is 9.75. The van der Waals surface area contributed by atoms with Gasteiger partial charge in [0, 0.05) is 30.1 Å². The number of thiophene rings is 1. The van der Waals surface area contributed by atoms with Crippen LogP contribution in [0.15, 0.2) is 42.0 Å². The molecule has 4 nitrogen and oxygen atoms in total. The highest BCUT2D eigenvalue weighted by atomic mass is 32.1. The number of aliphatic hydroxyl groups is 1. The summed E-state index contributed by atoms with van der Waals surface area (Å²) in [5.74, 6) is 0.473. The van der Waals surface area contributed by atoms with Crippen molar-refractivity contribution < 1.29 is 15.0 Å². The molecule has 1 aliphatic heterocycles.